The highest BCUT2D eigenvalue weighted by atomic mass is 35.5. The molecule has 0 saturated heterocycles. The molecular formula is C20H19ClN4O2. The van der Waals surface area contributed by atoms with E-state index >= 15 is 0 Å². The minimum absolute atomic E-state index is 0.272. The summed E-state index contributed by atoms with van der Waals surface area (Å²) in [5.41, 5.74) is 4.11. The number of nitrogens with one attached hydrogen (secondary N) is 2. The first-order valence-corrected chi connectivity index (χ1v) is 8.94. The van der Waals surface area contributed by atoms with Crippen LogP contribution in [0.2, 0.25) is 5.02 Å². The fourth-order valence-corrected chi connectivity index (χ4v) is 3.34. The first kappa shape index (κ1) is 17.4. The second-order valence-electron chi connectivity index (χ2n) is 6.39. The Bertz CT molecular complexity index is 970. The number of ether oxygens (including phenoxy) is 2. The van der Waals surface area contributed by atoms with Crippen LogP contribution in [0.3, 0.4) is 0 Å². The largest absolute Gasteiger partial charge is 0.454 e. The molecule has 2 heterocycles. The molecule has 0 amide bonds. The smallest absolute Gasteiger partial charge is 0.231 e. The van der Waals surface area contributed by atoms with Gasteiger partial charge in [0.15, 0.2) is 11.5 Å². The Hall–Kier alpha value is -2.99. The van der Waals surface area contributed by atoms with Crippen LogP contribution in [0.15, 0.2) is 42.7 Å². The van der Waals surface area contributed by atoms with E-state index in [9.17, 15) is 0 Å². The molecule has 3 aromatic rings. The van der Waals surface area contributed by atoms with Gasteiger partial charge in [0.1, 0.15) is 18.0 Å². The summed E-state index contributed by atoms with van der Waals surface area (Å²) in [7, 11) is 0. The van der Waals surface area contributed by atoms with Gasteiger partial charge < -0.3 is 20.1 Å². The van der Waals surface area contributed by atoms with E-state index in [1.165, 1.54) is 6.33 Å². The molecule has 0 atom stereocenters. The summed E-state index contributed by atoms with van der Waals surface area (Å²) >= 11 is 6.37. The average molecular weight is 383 g/mol. The molecular weight excluding hydrogens is 364 g/mol. The number of aromatic nitrogens is 2. The molecule has 0 bridgehead atoms. The Balaban J connectivity index is 1.46. The van der Waals surface area contributed by atoms with Crippen LogP contribution in [0.1, 0.15) is 16.7 Å². The molecule has 0 spiro atoms. The quantitative estimate of drug-likeness (QED) is 0.658. The molecule has 138 valence electrons. The van der Waals surface area contributed by atoms with Crippen molar-refractivity contribution < 1.29 is 9.47 Å². The zero-order valence-electron chi connectivity index (χ0n) is 15.0. The van der Waals surface area contributed by atoms with Gasteiger partial charge in [-0.05, 0) is 48.7 Å². The van der Waals surface area contributed by atoms with Crippen molar-refractivity contribution in [3.8, 4) is 11.5 Å². The topological polar surface area (TPSA) is 68.3 Å². The molecule has 0 unspecified atom stereocenters. The number of hydrogen-bond acceptors (Lipinski definition) is 6. The summed E-state index contributed by atoms with van der Waals surface area (Å²) in [4.78, 5) is 8.56. The van der Waals surface area contributed by atoms with Gasteiger partial charge in [0.05, 0.1) is 10.7 Å². The monoisotopic (exact) mass is 382 g/mol. The van der Waals surface area contributed by atoms with Crippen molar-refractivity contribution in [1.82, 2.24) is 9.97 Å². The lowest BCUT2D eigenvalue weighted by atomic mass is 10.1. The zero-order chi connectivity index (χ0) is 18.8. The standard InChI is InChI=1S/C20H19ClN4O2/c1-12-5-13(2)20(15(21)6-12)25-19-8-18(23-10-24-19)22-9-14-3-4-16-17(7-14)27-11-26-16/h3-8,10H,9,11H2,1-2H3,(H2,22,23,24,25). The number of rotatable bonds is 5. The highest BCUT2D eigenvalue weighted by Crippen LogP contribution is 2.33. The fourth-order valence-electron chi connectivity index (χ4n) is 2.97. The molecule has 1 aliphatic heterocycles. The molecule has 2 aromatic carbocycles. The molecule has 0 fully saturated rings. The van der Waals surface area contributed by atoms with E-state index in [4.69, 9.17) is 21.1 Å². The van der Waals surface area contributed by atoms with Gasteiger partial charge in [0, 0.05) is 12.6 Å². The van der Waals surface area contributed by atoms with Crippen molar-refractivity contribution >= 4 is 28.9 Å². The Morgan fingerprint density at radius 1 is 1.00 bits per heavy atom. The lowest BCUT2D eigenvalue weighted by Gasteiger charge is -2.13. The molecule has 0 aliphatic carbocycles. The van der Waals surface area contributed by atoms with Crippen LogP contribution in [0.4, 0.5) is 17.3 Å². The third kappa shape index (κ3) is 3.90. The van der Waals surface area contributed by atoms with E-state index in [2.05, 4.69) is 26.7 Å². The van der Waals surface area contributed by atoms with Crippen LogP contribution in [-0.4, -0.2) is 16.8 Å². The van der Waals surface area contributed by atoms with Gasteiger partial charge in [-0.25, -0.2) is 9.97 Å². The Morgan fingerprint density at radius 3 is 2.67 bits per heavy atom. The number of fused-ring (bicyclic) bond motifs is 1. The van der Waals surface area contributed by atoms with Crippen LogP contribution in [0, 0.1) is 13.8 Å². The number of nitrogens with zero attached hydrogens (tertiary/aromatic N) is 2. The number of benzene rings is 2. The summed E-state index contributed by atoms with van der Waals surface area (Å²) in [6, 6.07) is 11.7. The number of aryl methyl sites for hydroxylation is 2. The second-order valence-corrected chi connectivity index (χ2v) is 6.80. The second kappa shape index (κ2) is 7.32. The third-order valence-electron chi connectivity index (χ3n) is 4.26. The molecule has 6 nitrogen and oxygen atoms in total. The lowest BCUT2D eigenvalue weighted by Crippen LogP contribution is -2.04. The van der Waals surface area contributed by atoms with Gasteiger partial charge in [-0.15, -0.1) is 0 Å². The van der Waals surface area contributed by atoms with Crippen LogP contribution >= 0.6 is 11.6 Å². The molecule has 4 rings (SSSR count). The number of anilines is 3. The van der Waals surface area contributed by atoms with Crippen molar-refractivity contribution in [2.75, 3.05) is 17.4 Å². The Labute approximate surface area is 162 Å². The van der Waals surface area contributed by atoms with Crippen molar-refractivity contribution in [3.63, 3.8) is 0 Å². The highest BCUT2D eigenvalue weighted by molar-refractivity contribution is 6.33. The van der Waals surface area contributed by atoms with Gasteiger partial charge in [0.2, 0.25) is 6.79 Å². The summed E-state index contributed by atoms with van der Waals surface area (Å²) in [6.07, 6.45) is 1.52. The van der Waals surface area contributed by atoms with Gasteiger partial charge >= 0.3 is 0 Å². The predicted octanol–water partition coefficient (Wildman–Crippen LogP) is 4.83. The zero-order valence-corrected chi connectivity index (χ0v) is 15.8. The van der Waals surface area contributed by atoms with Crippen LogP contribution in [0.5, 0.6) is 11.5 Å². The lowest BCUT2D eigenvalue weighted by molar-refractivity contribution is 0.174. The van der Waals surface area contributed by atoms with E-state index in [0.717, 1.165) is 33.9 Å². The molecule has 0 saturated carbocycles. The van der Waals surface area contributed by atoms with Gasteiger partial charge in [-0.2, -0.15) is 0 Å². The van der Waals surface area contributed by atoms with E-state index in [1.54, 1.807) is 0 Å². The van der Waals surface area contributed by atoms with E-state index in [-0.39, 0.29) is 6.79 Å². The van der Waals surface area contributed by atoms with Gasteiger partial charge in [-0.3, -0.25) is 0 Å². The normalized spacial score (nSPS) is 12.1. The molecule has 2 N–H and O–H groups in total. The van der Waals surface area contributed by atoms with Gasteiger partial charge in [-0.1, -0.05) is 23.7 Å². The van der Waals surface area contributed by atoms with Crippen molar-refractivity contribution in [2.45, 2.75) is 20.4 Å². The SMILES string of the molecule is Cc1cc(C)c(Nc2cc(NCc3ccc4c(c3)OCO4)ncn2)c(Cl)c1. The van der Waals surface area contributed by atoms with E-state index in [0.29, 0.717) is 23.2 Å². The highest BCUT2D eigenvalue weighted by Gasteiger charge is 2.13. The molecule has 0 radical (unpaired) electrons. The van der Waals surface area contributed by atoms with E-state index in [1.807, 2.05) is 44.2 Å². The van der Waals surface area contributed by atoms with Crippen LogP contribution in [-0.2, 0) is 6.54 Å². The van der Waals surface area contributed by atoms with Crippen LogP contribution in [0.25, 0.3) is 0 Å². The fraction of sp³-hybridized carbons (Fsp3) is 0.200. The average Bonchev–Trinajstić information content (AvgIpc) is 3.11. The minimum Gasteiger partial charge on any atom is -0.454 e. The predicted molar refractivity (Wildman–Crippen MR) is 106 cm³/mol. The van der Waals surface area contributed by atoms with Gasteiger partial charge in [0.25, 0.3) is 0 Å². The molecule has 7 heteroatoms. The van der Waals surface area contributed by atoms with Crippen molar-refractivity contribution in [3.05, 3.63) is 64.4 Å². The Kier molecular flexibility index (Phi) is 4.73. The third-order valence-corrected chi connectivity index (χ3v) is 4.56. The number of hydrogen-bond donors (Lipinski definition) is 2. The maximum Gasteiger partial charge on any atom is 0.231 e. The maximum absolute atomic E-state index is 6.37. The molecule has 27 heavy (non-hydrogen) atoms. The maximum atomic E-state index is 6.37. The summed E-state index contributed by atoms with van der Waals surface area (Å²) in [5, 5.41) is 7.24. The summed E-state index contributed by atoms with van der Waals surface area (Å²) in [6.45, 7) is 4.91. The van der Waals surface area contributed by atoms with Crippen molar-refractivity contribution in [1.29, 1.82) is 0 Å². The number of halogens is 1. The van der Waals surface area contributed by atoms with Crippen molar-refractivity contribution in [2.24, 2.45) is 0 Å². The first-order valence-electron chi connectivity index (χ1n) is 8.57. The minimum atomic E-state index is 0.272. The summed E-state index contributed by atoms with van der Waals surface area (Å²) in [5.74, 6) is 2.93. The Morgan fingerprint density at radius 2 is 1.81 bits per heavy atom. The molecule has 1 aromatic heterocycles. The van der Waals surface area contributed by atoms with E-state index < -0.39 is 0 Å². The van der Waals surface area contributed by atoms with Crippen LogP contribution < -0.4 is 20.1 Å². The molecule has 1 aliphatic rings. The first-order chi connectivity index (χ1) is 13.1. The summed E-state index contributed by atoms with van der Waals surface area (Å²) < 4.78 is 10.7.